The number of halogens is 1. The van der Waals surface area contributed by atoms with Crippen LogP contribution in [0.15, 0.2) is 54.6 Å². The number of hydrogen-bond acceptors (Lipinski definition) is 1. The van der Waals surface area contributed by atoms with Crippen LogP contribution in [0.1, 0.15) is 5.69 Å². The van der Waals surface area contributed by atoms with Gasteiger partial charge in [-0.15, -0.1) is 0 Å². The summed E-state index contributed by atoms with van der Waals surface area (Å²) in [4.78, 5) is 4.76. The first kappa shape index (κ1) is 11.7. The molecule has 0 unspecified atom stereocenters. The quantitative estimate of drug-likeness (QED) is 0.577. The zero-order valence-electron chi connectivity index (χ0n) is 10.0. The SMILES string of the molecule is Cc1nc(-c2ccccc2)c(I)c2ccccc12. The van der Waals surface area contributed by atoms with Crippen molar-refractivity contribution in [1.82, 2.24) is 4.98 Å². The first-order chi connectivity index (χ1) is 8.77. The molecule has 0 fully saturated rings. The van der Waals surface area contributed by atoms with Gasteiger partial charge < -0.3 is 0 Å². The van der Waals surface area contributed by atoms with Gasteiger partial charge in [0.25, 0.3) is 0 Å². The number of benzene rings is 2. The Morgan fingerprint density at radius 3 is 2.17 bits per heavy atom. The van der Waals surface area contributed by atoms with Crippen molar-refractivity contribution in [3.05, 3.63) is 63.9 Å². The summed E-state index contributed by atoms with van der Waals surface area (Å²) < 4.78 is 1.22. The van der Waals surface area contributed by atoms with Gasteiger partial charge in [-0.1, -0.05) is 54.6 Å². The lowest BCUT2D eigenvalue weighted by molar-refractivity contribution is 1.23. The second kappa shape index (κ2) is 4.69. The van der Waals surface area contributed by atoms with Gasteiger partial charge in [-0.05, 0) is 34.9 Å². The Morgan fingerprint density at radius 1 is 0.833 bits per heavy atom. The van der Waals surface area contributed by atoms with Gasteiger partial charge in [0.15, 0.2) is 0 Å². The maximum absolute atomic E-state index is 4.76. The fourth-order valence-electron chi connectivity index (χ4n) is 2.18. The maximum Gasteiger partial charge on any atom is 0.0845 e. The van der Waals surface area contributed by atoms with Crippen LogP contribution in [0.3, 0.4) is 0 Å². The summed E-state index contributed by atoms with van der Waals surface area (Å²) in [6.45, 7) is 2.07. The molecule has 0 aliphatic rings. The van der Waals surface area contributed by atoms with Crippen molar-refractivity contribution in [1.29, 1.82) is 0 Å². The molecule has 1 heterocycles. The van der Waals surface area contributed by atoms with E-state index in [9.17, 15) is 0 Å². The molecule has 0 saturated heterocycles. The smallest absolute Gasteiger partial charge is 0.0845 e. The van der Waals surface area contributed by atoms with Crippen molar-refractivity contribution in [3.63, 3.8) is 0 Å². The van der Waals surface area contributed by atoms with Crippen LogP contribution >= 0.6 is 22.6 Å². The summed E-state index contributed by atoms with van der Waals surface area (Å²) in [5, 5.41) is 2.52. The monoisotopic (exact) mass is 345 g/mol. The Labute approximate surface area is 120 Å². The van der Waals surface area contributed by atoms with E-state index in [2.05, 4.69) is 78.0 Å². The van der Waals surface area contributed by atoms with Gasteiger partial charge >= 0.3 is 0 Å². The summed E-state index contributed by atoms with van der Waals surface area (Å²) in [5.74, 6) is 0. The maximum atomic E-state index is 4.76. The van der Waals surface area contributed by atoms with Crippen LogP contribution in [0.4, 0.5) is 0 Å². The number of aryl methyl sites for hydroxylation is 1. The highest BCUT2D eigenvalue weighted by molar-refractivity contribution is 14.1. The second-order valence-corrected chi connectivity index (χ2v) is 5.35. The van der Waals surface area contributed by atoms with Crippen molar-refractivity contribution in [2.75, 3.05) is 0 Å². The molecule has 88 valence electrons. The molecule has 1 aromatic heterocycles. The second-order valence-electron chi connectivity index (χ2n) is 4.27. The molecule has 0 spiro atoms. The van der Waals surface area contributed by atoms with E-state index < -0.39 is 0 Å². The Balaban J connectivity index is 2.35. The first-order valence-corrected chi connectivity index (χ1v) is 6.95. The molecule has 2 aromatic carbocycles. The molecule has 0 bridgehead atoms. The van der Waals surface area contributed by atoms with E-state index in [0.29, 0.717) is 0 Å². The van der Waals surface area contributed by atoms with Crippen LogP contribution in [0.25, 0.3) is 22.0 Å². The van der Waals surface area contributed by atoms with Gasteiger partial charge in [-0.25, -0.2) is 0 Å². The van der Waals surface area contributed by atoms with Crippen LogP contribution in [0.5, 0.6) is 0 Å². The van der Waals surface area contributed by atoms with E-state index in [-0.39, 0.29) is 0 Å². The minimum absolute atomic E-state index is 1.08. The van der Waals surface area contributed by atoms with E-state index in [0.717, 1.165) is 11.4 Å². The molecule has 0 aliphatic heterocycles. The number of aromatic nitrogens is 1. The number of nitrogens with zero attached hydrogens (tertiary/aromatic N) is 1. The van der Waals surface area contributed by atoms with E-state index in [1.54, 1.807) is 0 Å². The Bertz CT molecular complexity index is 705. The summed E-state index contributed by atoms with van der Waals surface area (Å²) >= 11 is 2.40. The largest absolute Gasteiger partial charge is 0.251 e. The predicted octanol–water partition coefficient (Wildman–Crippen LogP) is 4.81. The molecule has 3 aromatic rings. The minimum atomic E-state index is 1.08. The molecule has 0 amide bonds. The van der Waals surface area contributed by atoms with E-state index in [1.807, 2.05) is 6.07 Å². The van der Waals surface area contributed by atoms with Crippen molar-refractivity contribution < 1.29 is 0 Å². The third kappa shape index (κ3) is 1.90. The van der Waals surface area contributed by atoms with Crippen LogP contribution < -0.4 is 0 Å². The number of rotatable bonds is 1. The van der Waals surface area contributed by atoms with E-state index in [4.69, 9.17) is 4.98 Å². The zero-order chi connectivity index (χ0) is 12.5. The molecule has 0 N–H and O–H groups in total. The Kier molecular flexibility index (Phi) is 3.04. The van der Waals surface area contributed by atoms with Gasteiger partial charge in [0.2, 0.25) is 0 Å². The zero-order valence-corrected chi connectivity index (χ0v) is 12.2. The van der Waals surface area contributed by atoms with Crippen molar-refractivity contribution in [2.24, 2.45) is 0 Å². The molecule has 2 heteroatoms. The average molecular weight is 345 g/mol. The van der Waals surface area contributed by atoms with Crippen molar-refractivity contribution in [2.45, 2.75) is 6.92 Å². The summed E-state index contributed by atoms with van der Waals surface area (Å²) in [6, 6.07) is 18.8. The molecule has 0 aliphatic carbocycles. The molecule has 0 atom stereocenters. The lowest BCUT2D eigenvalue weighted by Crippen LogP contribution is -1.94. The van der Waals surface area contributed by atoms with E-state index >= 15 is 0 Å². The Hall–Kier alpha value is -1.42. The number of pyridine rings is 1. The third-order valence-corrected chi connectivity index (χ3v) is 4.18. The topological polar surface area (TPSA) is 12.9 Å². The number of fused-ring (bicyclic) bond motifs is 1. The van der Waals surface area contributed by atoms with Gasteiger partial charge in [0, 0.05) is 20.2 Å². The fraction of sp³-hybridized carbons (Fsp3) is 0.0625. The molecule has 18 heavy (non-hydrogen) atoms. The van der Waals surface area contributed by atoms with Crippen LogP contribution in [-0.2, 0) is 0 Å². The standard InChI is InChI=1S/C16H12IN/c1-11-13-9-5-6-10-14(13)15(17)16(18-11)12-7-3-2-4-8-12/h2-10H,1H3. The molecule has 0 radical (unpaired) electrons. The molecule has 0 saturated carbocycles. The molecular weight excluding hydrogens is 333 g/mol. The van der Waals surface area contributed by atoms with Gasteiger partial charge in [-0.3, -0.25) is 4.98 Å². The summed E-state index contributed by atoms with van der Waals surface area (Å²) in [5.41, 5.74) is 3.34. The molecular formula is C16H12IN. The van der Waals surface area contributed by atoms with Crippen LogP contribution in [0, 0.1) is 10.5 Å². The lowest BCUT2D eigenvalue weighted by Gasteiger charge is -2.10. The number of hydrogen-bond donors (Lipinski definition) is 0. The normalized spacial score (nSPS) is 10.8. The summed E-state index contributed by atoms with van der Waals surface area (Å²) in [7, 11) is 0. The Morgan fingerprint density at radius 2 is 1.44 bits per heavy atom. The van der Waals surface area contributed by atoms with Crippen molar-refractivity contribution >= 4 is 33.4 Å². The highest BCUT2D eigenvalue weighted by atomic mass is 127. The van der Waals surface area contributed by atoms with Gasteiger partial charge in [0.1, 0.15) is 0 Å². The van der Waals surface area contributed by atoms with Gasteiger partial charge in [0.05, 0.1) is 5.69 Å². The fourth-order valence-corrected chi connectivity index (χ4v) is 3.08. The van der Waals surface area contributed by atoms with Gasteiger partial charge in [-0.2, -0.15) is 0 Å². The van der Waals surface area contributed by atoms with Crippen molar-refractivity contribution in [3.8, 4) is 11.3 Å². The highest BCUT2D eigenvalue weighted by Crippen LogP contribution is 2.30. The first-order valence-electron chi connectivity index (χ1n) is 5.87. The molecule has 1 nitrogen and oxygen atoms in total. The predicted molar refractivity (Wildman–Crippen MR) is 84.6 cm³/mol. The lowest BCUT2D eigenvalue weighted by atomic mass is 10.1. The van der Waals surface area contributed by atoms with E-state index in [1.165, 1.54) is 19.9 Å². The molecule has 3 rings (SSSR count). The van der Waals surface area contributed by atoms with Crippen LogP contribution in [0.2, 0.25) is 0 Å². The third-order valence-electron chi connectivity index (χ3n) is 3.09. The minimum Gasteiger partial charge on any atom is -0.251 e. The highest BCUT2D eigenvalue weighted by Gasteiger charge is 2.10. The van der Waals surface area contributed by atoms with Crippen LogP contribution in [-0.4, -0.2) is 4.98 Å². The summed E-state index contributed by atoms with van der Waals surface area (Å²) in [6.07, 6.45) is 0. The average Bonchev–Trinajstić information content (AvgIpc) is 2.44.